The summed E-state index contributed by atoms with van der Waals surface area (Å²) in [5, 5.41) is 5.29. The monoisotopic (exact) mass is 469 g/mol. The molecular weight excluding hydrogens is 448 g/mol. The number of benzene rings is 3. The Balaban J connectivity index is 1.62. The Morgan fingerprint density at radius 2 is 1.52 bits per heavy atom. The molecule has 0 unspecified atom stereocenters. The van der Waals surface area contributed by atoms with Gasteiger partial charge in [-0.1, -0.05) is 36.4 Å². The van der Waals surface area contributed by atoms with Crippen LogP contribution in [0.4, 0.5) is 26.3 Å². The molecule has 0 aromatic heterocycles. The van der Waals surface area contributed by atoms with Gasteiger partial charge in [0.2, 0.25) is 0 Å². The third-order valence-corrected chi connectivity index (χ3v) is 5.57. The quantitative estimate of drug-likeness (QED) is 0.435. The van der Waals surface area contributed by atoms with E-state index < -0.39 is 41.9 Å². The Labute approximate surface area is 186 Å². The summed E-state index contributed by atoms with van der Waals surface area (Å²) in [7, 11) is 0. The average Bonchev–Trinajstić information content (AvgIpc) is 2.77. The molecule has 0 spiro atoms. The van der Waals surface area contributed by atoms with Crippen LogP contribution in [-0.4, -0.2) is 19.4 Å². The van der Waals surface area contributed by atoms with Crippen molar-refractivity contribution < 1.29 is 35.8 Å². The molecule has 176 valence electrons. The van der Waals surface area contributed by atoms with E-state index in [1.807, 2.05) is 42.5 Å². The fraction of sp³-hybridized carbons (Fsp3) is 0.333. The van der Waals surface area contributed by atoms with Crippen LogP contribution in [0.5, 0.6) is 0 Å². The minimum atomic E-state index is -4.92. The largest absolute Gasteiger partial charge is 0.416 e. The zero-order valence-electron chi connectivity index (χ0n) is 17.5. The van der Waals surface area contributed by atoms with E-state index >= 15 is 0 Å². The molecule has 0 bridgehead atoms. The van der Waals surface area contributed by atoms with Crippen molar-refractivity contribution in [2.75, 3.05) is 13.2 Å². The molecule has 0 radical (unpaired) electrons. The highest BCUT2D eigenvalue weighted by atomic mass is 19.4. The number of fused-ring (bicyclic) bond motifs is 1. The first-order chi connectivity index (χ1) is 15.5. The molecule has 1 N–H and O–H groups in total. The van der Waals surface area contributed by atoms with E-state index in [1.165, 1.54) is 6.92 Å². The lowest BCUT2D eigenvalue weighted by atomic mass is 10.00. The second-order valence-corrected chi connectivity index (χ2v) is 7.90. The van der Waals surface area contributed by atoms with Gasteiger partial charge in [-0.3, -0.25) is 0 Å². The van der Waals surface area contributed by atoms with E-state index in [2.05, 4.69) is 5.32 Å². The van der Waals surface area contributed by atoms with Crippen LogP contribution >= 0.6 is 0 Å². The minimum absolute atomic E-state index is 0.104. The van der Waals surface area contributed by atoms with Crippen LogP contribution < -0.4 is 5.32 Å². The van der Waals surface area contributed by atoms with Crippen LogP contribution in [0, 0.1) is 0 Å². The molecular formula is C24H21F6NO2. The lowest BCUT2D eigenvalue weighted by molar-refractivity contribution is -0.200. The van der Waals surface area contributed by atoms with Gasteiger partial charge in [-0.05, 0) is 53.1 Å². The predicted octanol–water partition coefficient (Wildman–Crippen LogP) is 6.64. The highest BCUT2D eigenvalue weighted by molar-refractivity contribution is 5.83. The lowest BCUT2D eigenvalue weighted by Crippen LogP contribution is -2.43. The van der Waals surface area contributed by atoms with E-state index in [0.717, 1.165) is 16.3 Å². The Kier molecular flexibility index (Phi) is 6.39. The second kappa shape index (κ2) is 8.96. The molecule has 0 saturated carbocycles. The Hall–Kier alpha value is -2.62. The summed E-state index contributed by atoms with van der Waals surface area (Å²) in [6, 6.07) is 14.5. The summed E-state index contributed by atoms with van der Waals surface area (Å²) in [5.41, 5.74) is -2.15. The van der Waals surface area contributed by atoms with Crippen molar-refractivity contribution in [3.05, 3.63) is 82.9 Å². The molecule has 1 fully saturated rings. The van der Waals surface area contributed by atoms with Gasteiger partial charge in [0.1, 0.15) is 0 Å². The minimum Gasteiger partial charge on any atom is -0.349 e. The second-order valence-electron chi connectivity index (χ2n) is 7.90. The predicted molar refractivity (Wildman–Crippen MR) is 110 cm³/mol. The van der Waals surface area contributed by atoms with E-state index in [4.69, 9.17) is 9.47 Å². The van der Waals surface area contributed by atoms with Crippen molar-refractivity contribution in [3.63, 3.8) is 0 Å². The first-order valence-corrected chi connectivity index (χ1v) is 10.3. The summed E-state index contributed by atoms with van der Waals surface area (Å²) in [4.78, 5) is 0. The van der Waals surface area contributed by atoms with Gasteiger partial charge in [0.25, 0.3) is 0 Å². The molecule has 9 heteroatoms. The summed E-state index contributed by atoms with van der Waals surface area (Å²) >= 11 is 0. The van der Waals surface area contributed by atoms with Crippen LogP contribution in [0.25, 0.3) is 10.8 Å². The highest BCUT2D eigenvalue weighted by Gasteiger charge is 2.38. The Morgan fingerprint density at radius 1 is 0.879 bits per heavy atom. The standard InChI is InChI=1S/C24H21F6NO2/c1-14(18-11-19(23(25,26)27)13-20(12-18)24(28,29)30)33-22-21(31-8-9-32-22)17-7-6-15-4-2-3-5-16(15)10-17/h2-7,10-14,21-22,31H,8-9H2,1H3/t14-,21+,22-/m1/s1. The first-order valence-electron chi connectivity index (χ1n) is 10.3. The number of rotatable bonds is 4. The van der Waals surface area contributed by atoms with Gasteiger partial charge in [0, 0.05) is 6.54 Å². The molecule has 3 nitrogen and oxygen atoms in total. The van der Waals surface area contributed by atoms with Crippen molar-refractivity contribution in [1.82, 2.24) is 5.32 Å². The van der Waals surface area contributed by atoms with Crippen LogP contribution in [0.15, 0.2) is 60.7 Å². The van der Waals surface area contributed by atoms with Gasteiger partial charge in [-0.15, -0.1) is 0 Å². The number of halogens is 6. The van der Waals surface area contributed by atoms with Gasteiger partial charge in [-0.2, -0.15) is 26.3 Å². The fourth-order valence-electron chi connectivity index (χ4n) is 3.87. The number of alkyl halides is 6. The van der Waals surface area contributed by atoms with E-state index in [9.17, 15) is 26.3 Å². The number of ether oxygens (including phenoxy) is 2. The molecule has 3 aromatic rings. The third kappa shape index (κ3) is 5.31. The maximum absolute atomic E-state index is 13.2. The molecule has 0 amide bonds. The third-order valence-electron chi connectivity index (χ3n) is 5.57. The van der Waals surface area contributed by atoms with Crippen LogP contribution in [-0.2, 0) is 21.8 Å². The van der Waals surface area contributed by atoms with Crippen molar-refractivity contribution in [3.8, 4) is 0 Å². The van der Waals surface area contributed by atoms with E-state index in [1.54, 1.807) is 0 Å². The normalized spacial score (nSPS) is 20.7. The first kappa shape index (κ1) is 23.5. The van der Waals surface area contributed by atoms with E-state index in [-0.39, 0.29) is 18.2 Å². The maximum Gasteiger partial charge on any atom is 0.416 e. The van der Waals surface area contributed by atoms with Crippen LogP contribution in [0.1, 0.15) is 41.3 Å². The molecule has 1 saturated heterocycles. The van der Waals surface area contributed by atoms with Gasteiger partial charge < -0.3 is 14.8 Å². The molecule has 1 aliphatic rings. The molecule has 33 heavy (non-hydrogen) atoms. The molecule has 3 aromatic carbocycles. The number of nitrogens with one attached hydrogen (secondary N) is 1. The molecule has 1 aliphatic heterocycles. The molecule has 0 aliphatic carbocycles. The average molecular weight is 469 g/mol. The Bertz CT molecular complexity index is 1100. The Morgan fingerprint density at radius 3 is 2.15 bits per heavy atom. The zero-order valence-corrected chi connectivity index (χ0v) is 17.5. The van der Waals surface area contributed by atoms with Gasteiger partial charge in [-0.25, -0.2) is 0 Å². The summed E-state index contributed by atoms with van der Waals surface area (Å²) in [6.45, 7) is 2.22. The van der Waals surface area contributed by atoms with Gasteiger partial charge in [0.05, 0.1) is 29.9 Å². The molecule has 4 rings (SSSR count). The zero-order chi connectivity index (χ0) is 23.8. The highest BCUT2D eigenvalue weighted by Crippen LogP contribution is 2.39. The SMILES string of the molecule is C[C@@H](O[C@H]1OCCN[C@H]1c1ccc2ccccc2c1)c1cc(C(F)(F)F)cc(C(F)(F)F)c1. The van der Waals surface area contributed by atoms with Gasteiger partial charge in [0.15, 0.2) is 6.29 Å². The van der Waals surface area contributed by atoms with Crippen molar-refractivity contribution in [1.29, 1.82) is 0 Å². The topological polar surface area (TPSA) is 30.5 Å². The summed E-state index contributed by atoms with van der Waals surface area (Å²) < 4.78 is 90.9. The van der Waals surface area contributed by atoms with Crippen molar-refractivity contribution in [2.24, 2.45) is 0 Å². The van der Waals surface area contributed by atoms with Crippen molar-refractivity contribution >= 4 is 10.8 Å². The molecule has 1 heterocycles. The van der Waals surface area contributed by atoms with Gasteiger partial charge >= 0.3 is 12.4 Å². The summed E-state index contributed by atoms with van der Waals surface area (Å²) in [5.74, 6) is 0. The lowest BCUT2D eigenvalue weighted by Gasteiger charge is -2.35. The van der Waals surface area contributed by atoms with E-state index in [0.29, 0.717) is 18.7 Å². The number of hydrogen-bond donors (Lipinski definition) is 1. The maximum atomic E-state index is 13.2. The van der Waals surface area contributed by atoms with Crippen LogP contribution in [0.2, 0.25) is 0 Å². The fourth-order valence-corrected chi connectivity index (χ4v) is 3.87. The smallest absolute Gasteiger partial charge is 0.349 e. The van der Waals surface area contributed by atoms with Crippen molar-refractivity contribution in [2.45, 2.75) is 37.7 Å². The van der Waals surface area contributed by atoms with Crippen LogP contribution in [0.3, 0.4) is 0 Å². The molecule has 3 atom stereocenters. The number of hydrogen-bond acceptors (Lipinski definition) is 3. The number of morpholine rings is 1. The summed E-state index contributed by atoms with van der Waals surface area (Å²) in [6.07, 6.45) is -11.8.